The summed E-state index contributed by atoms with van der Waals surface area (Å²) in [6, 6.07) is 9.76. The second-order valence-corrected chi connectivity index (χ2v) is 9.77. The maximum Gasteiger partial charge on any atom is 0.288 e. The van der Waals surface area contributed by atoms with E-state index in [0.29, 0.717) is 29.0 Å². The number of halogens is 2. The molecule has 34 heavy (non-hydrogen) atoms. The number of ketones is 1. The van der Waals surface area contributed by atoms with Crippen molar-refractivity contribution in [2.45, 2.75) is 39.5 Å². The molecule has 1 amide bonds. The van der Waals surface area contributed by atoms with Crippen LogP contribution in [0.2, 0.25) is 5.02 Å². The van der Waals surface area contributed by atoms with Crippen molar-refractivity contribution in [1.82, 2.24) is 5.32 Å². The van der Waals surface area contributed by atoms with E-state index in [1.165, 1.54) is 30.3 Å². The highest BCUT2D eigenvalue weighted by molar-refractivity contribution is 6.32. The Hall–Kier alpha value is -3.52. The SMILES string of the molecule is CC1=C(C(=O)Nc2cccc(F)c2)C(c2ccc(Cl)c([N+](=O)[O-])c2)C2=C(CC(C)(C)CC2=O)N1. The van der Waals surface area contributed by atoms with Gasteiger partial charge in [0.05, 0.1) is 4.92 Å². The number of hydrogen-bond donors (Lipinski definition) is 2. The average Bonchev–Trinajstić information content (AvgIpc) is 2.71. The van der Waals surface area contributed by atoms with Gasteiger partial charge in [0.25, 0.3) is 11.6 Å². The number of rotatable bonds is 4. The molecule has 2 aliphatic rings. The van der Waals surface area contributed by atoms with Crippen LogP contribution in [-0.2, 0) is 9.59 Å². The van der Waals surface area contributed by atoms with Crippen molar-refractivity contribution in [1.29, 1.82) is 0 Å². The molecule has 0 bridgehead atoms. The molecule has 7 nitrogen and oxygen atoms in total. The van der Waals surface area contributed by atoms with Crippen LogP contribution in [0.4, 0.5) is 15.8 Å². The predicted octanol–water partition coefficient (Wildman–Crippen LogP) is 5.63. The Morgan fingerprint density at radius 2 is 1.97 bits per heavy atom. The molecule has 0 fully saturated rings. The lowest BCUT2D eigenvalue weighted by atomic mass is 9.68. The van der Waals surface area contributed by atoms with Gasteiger partial charge in [0, 0.05) is 46.6 Å². The summed E-state index contributed by atoms with van der Waals surface area (Å²) < 4.78 is 13.7. The van der Waals surface area contributed by atoms with Gasteiger partial charge < -0.3 is 10.6 Å². The van der Waals surface area contributed by atoms with Gasteiger partial charge in [-0.15, -0.1) is 0 Å². The number of carbonyl (C=O) groups excluding carboxylic acids is 2. The fourth-order valence-corrected chi connectivity index (χ4v) is 4.87. The van der Waals surface area contributed by atoms with Crippen LogP contribution >= 0.6 is 11.6 Å². The molecule has 0 aromatic heterocycles. The van der Waals surface area contributed by atoms with E-state index in [-0.39, 0.29) is 39.6 Å². The van der Waals surface area contributed by atoms with E-state index < -0.39 is 22.6 Å². The first-order valence-corrected chi connectivity index (χ1v) is 11.1. The molecule has 1 unspecified atom stereocenters. The van der Waals surface area contributed by atoms with Crippen LogP contribution in [0.5, 0.6) is 0 Å². The summed E-state index contributed by atoms with van der Waals surface area (Å²) in [5, 5.41) is 17.4. The number of allylic oxidation sites excluding steroid dienone is 3. The van der Waals surface area contributed by atoms with Crippen LogP contribution in [0.25, 0.3) is 0 Å². The zero-order valence-electron chi connectivity index (χ0n) is 18.9. The molecule has 9 heteroatoms. The number of anilines is 1. The van der Waals surface area contributed by atoms with Crippen molar-refractivity contribution in [3.63, 3.8) is 0 Å². The number of benzene rings is 2. The number of hydrogen-bond acceptors (Lipinski definition) is 5. The van der Waals surface area contributed by atoms with Crippen molar-refractivity contribution >= 4 is 34.7 Å². The van der Waals surface area contributed by atoms with Crippen LogP contribution in [0.15, 0.2) is 65.0 Å². The molecule has 176 valence electrons. The van der Waals surface area contributed by atoms with Gasteiger partial charge in [-0.25, -0.2) is 4.39 Å². The minimum Gasteiger partial charge on any atom is -0.362 e. The van der Waals surface area contributed by atoms with Gasteiger partial charge in [-0.1, -0.05) is 37.6 Å². The molecule has 0 spiro atoms. The van der Waals surface area contributed by atoms with Crippen molar-refractivity contribution < 1.29 is 18.9 Å². The first kappa shape index (κ1) is 23.6. The van der Waals surface area contributed by atoms with Crippen molar-refractivity contribution in [2.24, 2.45) is 5.41 Å². The molecule has 2 aromatic rings. The molecule has 1 aliphatic carbocycles. The number of amides is 1. The second-order valence-electron chi connectivity index (χ2n) is 9.36. The lowest BCUT2D eigenvalue weighted by molar-refractivity contribution is -0.384. The third-order valence-electron chi connectivity index (χ3n) is 6.07. The smallest absolute Gasteiger partial charge is 0.288 e. The maximum atomic E-state index is 13.7. The number of carbonyl (C=O) groups is 2. The van der Waals surface area contributed by atoms with Crippen LogP contribution in [0.3, 0.4) is 0 Å². The number of nitrogens with one attached hydrogen (secondary N) is 2. The van der Waals surface area contributed by atoms with E-state index in [1.807, 2.05) is 13.8 Å². The average molecular weight is 484 g/mol. The zero-order valence-corrected chi connectivity index (χ0v) is 19.6. The Morgan fingerprint density at radius 1 is 1.24 bits per heavy atom. The highest BCUT2D eigenvalue weighted by Gasteiger charge is 2.43. The summed E-state index contributed by atoms with van der Waals surface area (Å²) in [6.45, 7) is 5.70. The molecule has 1 aliphatic heterocycles. The first-order valence-electron chi connectivity index (χ1n) is 10.7. The highest BCUT2D eigenvalue weighted by Crippen LogP contribution is 2.47. The van der Waals surface area contributed by atoms with Gasteiger partial charge >= 0.3 is 0 Å². The normalized spacial score (nSPS) is 19.4. The Kier molecular flexibility index (Phi) is 6.03. The van der Waals surface area contributed by atoms with E-state index >= 15 is 0 Å². The second kappa shape index (κ2) is 8.68. The predicted molar refractivity (Wildman–Crippen MR) is 127 cm³/mol. The summed E-state index contributed by atoms with van der Waals surface area (Å²) in [5.74, 6) is -2.03. The van der Waals surface area contributed by atoms with Crippen LogP contribution in [0, 0.1) is 21.3 Å². The fraction of sp³-hybridized carbons (Fsp3) is 0.280. The molecule has 0 saturated carbocycles. The molecule has 4 rings (SSSR count). The van der Waals surface area contributed by atoms with Crippen molar-refractivity contribution in [3.8, 4) is 0 Å². The van der Waals surface area contributed by atoms with Gasteiger partial charge in [-0.2, -0.15) is 0 Å². The minimum atomic E-state index is -0.843. The third kappa shape index (κ3) is 4.46. The molecule has 2 aromatic carbocycles. The van der Waals surface area contributed by atoms with Gasteiger partial charge in [-0.05, 0) is 48.6 Å². The van der Waals surface area contributed by atoms with E-state index in [2.05, 4.69) is 10.6 Å². The summed E-state index contributed by atoms with van der Waals surface area (Å²) in [6.07, 6.45) is 0.855. The maximum absolute atomic E-state index is 13.7. The quantitative estimate of drug-likeness (QED) is 0.433. The van der Waals surface area contributed by atoms with Crippen LogP contribution < -0.4 is 10.6 Å². The van der Waals surface area contributed by atoms with Crippen molar-refractivity contribution in [3.05, 3.63) is 91.5 Å². The number of Topliss-reactive ketones (excluding diaryl/α,β-unsaturated/α-hetero) is 1. The number of nitro groups is 1. The van der Waals surface area contributed by atoms with E-state index in [1.54, 1.807) is 19.1 Å². The molecule has 2 N–H and O–H groups in total. The Balaban J connectivity index is 1.86. The molecular weight excluding hydrogens is 461 g/mol. The van der Waals surface area contributed by atoms with Crippen LogP contribution in [-0.4, -0.2) is 16.6 Å². The Bertz CT molecular complexity index is 1300. The number of dihydropyridines is 1. The summed E-state index contributed by atoms with van der Waals surface area (Å²) >= 11 is 6.02. The molecule has 1 atom stereocenters. The van der Waals surface area contributed by atoms with Gasteiger partial charge in [0.15, 0.2) is 5.78 Å². The van der Waals surface area contributed by atoms with Gasteiger partial charge in [0.2, 0.25) is 0 Å². The summed E-state index contributed by atoms with van der Waals surface area (Å²) in [7, 11) is 0. The van der Waals surface area contributed by atoms with Gasteiger partial charge in [0.1, 0.15) is 10.8 Å². The fourth-order valence-electron chi connectivity index (χ4n) is 4.68. The lowest BCUT2D eigenvalue weighted by Crippen LogP contribution is -2.39. The summed E-state index contributed by atoms with van der Waals surface area (Å²) in [4.78, 5) is 37.7. The molecule has 0 saturated heterocycles. The Labute approximate surface area is 200 Å². The zero-order chi connectivity index (χ0) is 24.8. The number of nitrogens with zero attached hydrogens (tertiary/aromatic N) is 1. The third-order valence-corrected chi connectivity index (χ3v) is 6.39. The molecule has 0 radical (unpaired) electrons. The Morgan fingerprint density at radius 3 is 2.65 bits per heavy atom. The molecule has 1 heterocycles. The number of nitro benzene ring substituents is 1. The lowest BCUT2D eigenvalue weighted by Gasteiger charge is -2.39. The van der Waals surface area contributed by atoms with E-state index in [4.69, 9.17) is 11.6 Å². The van der Waals surface area contributed by atoms with Crippen LogP contribution in [0.1, 0.15) is 45.1 Å². The van der Waals surface area contributed by atoms with E-state index in [9.17, 15) is 24.1 Å². The first-order chi connectivity index (χ1) is 16.0. The van der Waals surface area contributed by atoms with E-state index in [0.717, 1.165) is 0 Å². The standard InChI is InChI=1S/C25H23ClFN3O4/c1-13-21(24(32)29-16-6-4-5-15(27)10-16)22(14-7-8-17(26)19(9-14)30(33)34)23-18(28-13)11-25(2,3)12-20(23)31/h4-10,22,28H,11-12H2,1-3H3,(H,29,32). The monoisotopic (exact) mass is 483 g/mol. The summed E-state index contributed by atoms with van der Waals surface area (Å²) in [5.41, 5.74) is 1.92. The highest BCUT2D eigenvalue weighted by atomic mass is 35.5. The van der Waals surface area contributed by atoms with Gasteiger partial charge in [-0.3, -0.25) is 19.7 Å². The van der Waals surface area contributed by atoms with Crippen molar-refractivity contribution in [2.75, 3.05) is 5.32 Å². The largest absolute Gasteiger partial charge is 0.362 e. The minimum absolute atomic E-state index is 0.0422. The molecular formula is C25H23ClFN3O4. The topological polar surface area (TPSA) is 101 Å².